The maximum atomic E-state index is 11.5. The first-order valence-corrected chi connectivity index (χ1v) is 4.63. The summed E-state index contributed by atoms with van der Waals surface area (Å²) in [4.78, 5) is 11.5. The van der Waals surface area contributed by atoms with Gasteiger partial charge in [-0.05, 0) is 13.8 Å². The van der Waals surface area contributed by atoms with Crippen LogP contribution >= 0.6 is 0 Å². The van der Waals surface area contributed by atoms with Crippen molar-refractivity contribution in [2.24, 2.45) is 0 Å². The van der Waals surface area contributed by atoms with Gasteiger partial charge in [-0.1, -0.05) is 0 Å². The van der Waals surface area contributed by atoms with Gasteiger partial charge in [0.25, 0.3) is 0 Å². The van der Waals surface area contributed by atoms with Crippen LogP contribution in [0.15, 0.2) is 0 Å². The number of ether oxygens (including phenoxy) is 2. The standard InChI is InChI=1S/C11H14O5/c1-5-7(11(14)16-4)6(2)10(15-3)9(13)8(5)12/h12-13H,1-4H3. The number of methoxy groups -OCH3 is 2. The molecule has 1 rings (SSSR count). The number of phenolic OH excluding ortho intramolecular Hbond substituents is 2. The molecule has 2 N–H and O–H groups in total. The maximum absolute atomic E-state index is 11.5. The molecular weight excluding hydrogens is 212 g/mol. The zero-order valence-electron chi connectivity index (χ0n) is 9.62. The van der Waals surface area contributed by atoms with E-state index in [1.807, 2.05) is 0 Å². The van der Waals surface area contributed by atoms with Crippen molar-refractivity contribution in [1.82, 2.24) is 0 Å². The van der Waals surface area contributed by atoms with Gasteiger partial charge in [-0.15, -0.1) is 0 Å². The molecule has 1 aromatic rings. The van der Waals surface area contributed by atoms with E-state index >= 15 is 0 Å². The Morgan fingerprint density at radius 2 is 1.62 bits per heavy atom. The Kier molecular flexibility index (Phi) is 3.27. The minimum absolute atomic E-state index is 0.0727. The summed E-state index contributed by atoms with van der Waals surface area (Å²) in [5.41, 5.74) is 0.902. The molecule has 0 aliphatic carbocycles. The quantitative estimate of drug-likeness (QED) is 0.590. The third-order valence-electron chi connectivity index (χ3n) is 2.48. The molecule has 0 aliphatic rings. The Bertz CT molecular complexity index is 437. The van der Waals surface area contributed by atoms with Crippen molar-refractivity contribution >= 4 is 5.97 Å². The third-order valence-corrected chi connectivity index (χ3v) is 2.48. The van der Waals surface area contributed by atoms with E-state index in [4.69, 9.17) is 4.74 Å². The van der Waals surface area contributed by atoms with Gasteiger partial charge in [-0.25, -0.2) is 4.79 Å². The number of hydrogen-bond donors (Lipinski definition) is 2. The van der Waals surface area contributed by atoms with Crippen LogP contribution in [0.25, 0.3) is 0 Å². The van der Waals surface area contributed by atoms with Crippen LogP contribution in [0.4, 0.5) is 0 Å². The van der Waals surface area contributed by atoms with E-state index < -0.39 is 5.97 Å². The summed E-state index contributed by atoms with van der Waals surface area (Å²) in [5, 5.41) is 19.2. The first kappa shape index (κ1) is 12.2. The maximum Gasteiger partial charge on any atom is 0.338 e. The number of phenols is 2. The van der Waals surface area contributed by atoms with Crippen molar-refractivity contribution in [1.29, 1.82) is 0 Å². The minimum Gasteiger partial charge on any atom is -0.504 e. The summed E-state index contributed by atoms with van der Waals surface area (Å²) in [7, 11) is 2.59. The van der Waals surface area contributed by atoms with E-state index in [-0.39, 0.29) is 28.4 Å². The molecular formula is C11H14O5. The van der Waals surface area contributed by atoms with Crippen molar-refractivity contribution in [2.45, 2.75) is 13.8 Å². The predicted molar refractivity (Wildman–Crippen MR) is 57.1 cm³/mol. The third kappa shape index (κ3) is 1.64. The summed E-state index contributed by atoms with van der Waals surface area (Å²) in [6.07, 6.45) is 0. The Labute approximate surface area is 93.2 Å². The van der Waals surface area contributed by atoms with Crippen molar-refractivity contribution in [3.8, 4) is 17.2 Å². The van der Waals surface area contributed by atoms with Crippen LogP contribution in [-0.4, -0.2) is 30.4 Å². The lowest BCUT2D eigenvalue weighted by atomic mass is 10.00. The van der Waals surface area contributed by atoms with Gasteiger partial charge in [0.05, 0.1) is 19.8 Å². The molecule has 0 spiro atoms. The number of hydrogen-bond acceptors (Lipinski definition) is 5. The molecule has 1 aromatic carbocycles. The average molecular weight is 226 g/mol. The van der Waals surface area contributed by atoms with Crippen LogP contribution in [0, 0.1) is 13.8 Å². The molecule has 0 atom stereocenters. The molecule has 5 nitrogen and oxygen atoms in total. The van der Waals surface area contributed by atoms with Crippen molar-refractivity contribution in [2.75, 3.05) is 14.2 Å². The summed E-state index contributed by atoms with van der Waals surface area (Å²) in [6, 6.07) is 0. The summed E-state index contributed by atoms with van der Waals surface area (Å²) in [5.74, 6) is -1.25. The monoisotopic (exact) mass is 226 g/mol. The second-order valence-corrected chi connectivity index (χ2v) is 3.35. The van der Waals surface area contributed by atoms with E-state index in [9.17, 15) is 15.0 Å². The normalized spacial score (nSPS) is 10.0. The Morgan fingerprint density at radius 3 is 2.06 bits per heavy atom. The number of aromatic hydroxyl groups is 2. The second kappa shape index (κ2) is 4.30. The molecule has 0 unspecified atom stereocenters. The molecule has 88 valence electrons. The van der Waals surface area contributed by atoms with Gasteiger partial charge in [0, 0.05) is 11.1 Å². The minimum atomic E-state index is -0.580. The Morgan fingerprint density at radius 1 is 1.06 bits per heavy atom. The SMILES string of the molecule is COC(=O)c1c(C)c(O)c(O)c(OC)c1C. The largest absolute Gasteiger partial charge is 0.504 e. The highest BCUT2D eigenvalue weighted by Gasteiger charge is 2.24. The molecule has 0 radical (unpaired) electrons. The van der Waals surface area contributed by atoms with Crippen LogP contribution in [-0.2, 0) is 4.74 Å². The molecule has 0 fully saturated rings. The molecule has 5 heteroatoms. The molecule has 0 heterocycles. The fraction of sp³-hybridized carbons (Fsp3) is 0.364. The summed E-state index contributed by atoms with van der Waals surface area (Å²) in [6.45, 7) is 3.13. The van der Waals surface area contributed by atoms with Gasteiger partial charge in [-0.3, -0.25) is 0 Å². The second-order valence-electron chi connectivity index (χ2n) is 3.35. The average Bonchev–Trinajstić information content (AvgIpc) is 2.27. The van der Waals surface area contributed by atoms with Gasteiger partial charge in [0.2, 0.25) is 5.75 Å². The van der Waals surface area contributed by atoms with Crippen LogP contribution in [0.1, 0.15) is 21.5 Å². The predicted octanol–water partition coefficient (Wildman–Crippen LogP) is 1.51. The fourth-order valence-corrected chi connectivity index (χ4v) is 1.63. The molecule has 0 saturated heterocycles. The topological polar surface area (TPSA) is 76.0 Å². The lowest BCUT2D eigenvalue weighted by Crippen LogP contribution is -2.08. The van der Waals surface area contributed by atoms with Crippen LogP contribution in [0.2, 0.25) is 0 Å². The van der Waals surface area contributed by atoms with Crippen molar-refractivity contribution < 1.29 is 24.5 Å². The molecule has 0 aliphatic heterocycles. The Hall–Kier alpha value is -1.91. The van der Waals surface area contributed by atoms with Gasteiger partial charge in [0.15, 0.2) is 11.5 Å². The van der Waals surface area contributed by atoms with E-state index in [0.29, 0.717) is 5.56 Å². The highest BCUT2D eigenvalue weighted by atomic mass is 16.5. The summed E-state index contributed by atoms with van der Waals surface area (Å²) >= 11 is 0. The number of esters is 1. The molecule has 0 amide bonds. The van der Waals surface area contributed by atoms with Gasteiger partial charge >= 0.3 is 5.97 Å². The van der Waals surface area contributed by atoms with Gasteiger partial charge in [-0.2, -0.15) is 0 Å². The molecule has 16 heavy (non-hydrogen) atoms. The summed E-state index contributed by atoms with van der Waals surface area (Å²) < 4.78 is 9.53. The van der Waals surface area contributed by atoms with E-state index in [0.717, 1.165) is 0 Å². The van der Waals surface area contributed by atoms with E-state index in [1.165, 1.54) is 21.1 Å². The van der Waals surface area contributed by atoms with Gasteiger partial charge < -0.3 is 19.7 Å². The van der Waals surface area contributed by atoms with E-state index in [1.54, 1.807) is 6.92 Å². The first-order chi connectivity index (χ1) is 7.45. The van der Waals surface area contributed by atoms with Crippen LogP contribution < -0.4 is 4.74 Å². The van der Waals surface area contributed by atoms with Crippen molar-refractivity contribution in [3.63, 3.8) is 0 Å². The fourth-order valence-electron chi connectivity index (χ4n) is 1.63. The number of carbonyl (C=O) groups is 1. The highest BCUT2D eigenvalue weighted by molar-refractivity contribution is 5.95. The van der Waals surface area contributed by atoms with Crippen LogP contribution in [0.5, 0.6) is 17.2 Å². The number of rotatable bonds is 2. The van der Waals surface area contributed by atoms with Crippen LogP contribution in [0.3, 0.4) is 0 Å². The number of carbonyl (C=O) groups excluding carboxylic acids is 1. The molecule has 0 aromatic heterocycles. The first-order valence-electron chi connectivity index (χ1n) is 4.63. The molecule has 0 bridgehead atoms. The number of benzene rings is 1. The zero-order chi connectivity index (χ0) is 12.5. The van der Waals surface area contributed by atoms with E-state index in [2.05, 4.69) is 4.74 Å². The van der Waals surface area contributed by atoms with Crippen molar-refractivity contribution in [3.05, 3.63) is 16.7 Å². The lowest BCUT2D eigenvalue weighted by molar-refractivity contribution is 0.0598. The molecule has 0 saturated carbocycles. The lowest BCUT2D eigenvalue weighted by Gasteiger charge is -2.15. The highest BCUT2D eigenvalue weighted by Crippen LogP contribution is 2.43. The Balaban J connectivity index is 3.62. The van der Waals surface area contributed by atoms with Gasteiger partial charge in [0.1, 0.15) is 0 Å². The smallest absolute Gasteiger partial charge is 0.338 e. The zero-order valence-corrected chi connectivity index (χ0v) is 9.62.